The van der Waals surface area contributed by atoms with Crippen LogP contribution in [0.5, 0.6) is 0 Å². The van der Waals surface area contributed by atoms with E-state index in [1.807, 2.05) is 0 Å². The second kappa shape index (κ2) is 7.52. The third kappa shape index (κ3) is 5.51. The number of hydrogen-bond acceptors (Lipinski definition) is 3. The Bertz CT molecular complexity index is 317. The van der Waals surface area contributed by atoms with E-state index in [-0.39, 0.29) is 18.4 Å². The highest BCUT2D eigenvalue weighted by Gasteiger charge is 2.25. The highest BCUT2D eigenvalue weighted by molar-refractivity contribution is 5.86. The maximum absolute atomic E-state index is 11.7. The monoisotopic (exact) mass is 259 g/mol. The van der Waals surface area contributed by atoms with Crippen LogP contribution >= 0.6 is 0 Å². The van der Waals surface area contributed by atoms with Crippen molar-refractivity contribution >= 4 is 17.9 Å². The summed E-state index contributed by atoms with van der Waals surface area (Å²) < 4.78 is 0. The van der Waals surface area contributed by atoms with Crippen molar-refractivity contribution in [3.63, 3.8) is 0 Å². The summed E-state index contributed by atoms with van der Waals surface area (Å²) in [4.78, 5) is 35.0. The molecule has 1 unspecified atom stereocenters. The Morgan fingerprint density at radius 2 is 1.83 bits per heavy atom. The molecule has 104 valence electrons. The highest BCUT2D eigenvalue weighted by Crippen LogP contribution is 2.02. The maximum atomic E-state index is 11.7. The zero-order chi connectivity index (χ0) is 14.3. The summed E-state index contributed by atoms with van der Waals surface area (Å²) in [6.07, 6.45) is 0. The zero-order valence-corrected chi connectivity index (χ0v) is 11.2. The van der Waals surface area contributed by atoms with E-state index in [0.29, 0.717) is 6.54 Å². The van der Waals surface area contributed by atoms with E-state index in [4.69, 9.17) is 5.11 Å². The lowest BCUT2D eigenvalue weighted by molar-refractivity contribution is -0.140. The Hall–Kier alpha value is -1.79. The van der Waals surface area contributed by atoms with Gasteiger partial charge in [-0.3, -0.25) is 4.79 Å². The van der Waals surface area contributed by atoms with Crippen molar-refractivity contribution in [2.24, 2.45) is 5.92 Å². The normalized spacial score (nSPS) is 11.8. The van der Waals surface area contributed by atoms with E-state index in [0.717, 1.165) is 4.90 Å². The third-order valence-corrected chi connectivity index (χ3v) is 2.31. The molecule has 7 heteroatoms. The quantitative estimate of drug-likeness (QED) is 0.619. The lowest BCUT2D eigenvalue weighted by atomic mass is 10.1. The Balaban J connectivity index is 4.38. The van der Waals surface area contributed by atoms with Crippen LogP contribution in [0, 0.1) is 5.92 Å². The van der Waals surface area contributed by atoms with Gasteiger partial charge in [-0.25, -0.2) is 9.59 Å². The Morgan fingerprint density at radius 1 is 1.28 bits per heavy atom. The molecule has 0 aliphatic rings. The largest absolute Gasteiger partial charge is 0.480 e. The van der Waals surface area contributed by atoms with Gasteiger partial charge in [0.15, 0.2) is 0 Å². The summed E-state index contributed by atoms with van der Waals surface area (Å²) in [5.41, 5.74) is 0. The number of rotatable bonds is 6. The van der Waals surface area contributed by atoms with Crippen LogP contribution in [0.4, 0.5) is 4.79 Å². The molecule has 0 saturated heterocycles. The minimum Gasteiger partial charge on any atom is -0.480 e. The Morgan fingerprint density at radius 3 is 2.22 bits per heavy atom. The summed E-state index contributed by atoms with van der Waals surface area (Å²) in [6.45, 7) is 5.55. The number of nitrogens with one attached hydrogen (secondary N) is 2. The number of urea groups is 1. The van der Waals surface area contributed by atoms with Crippen molar-refractivity contribution in [2.45, 2.75) is 26.8 Å². The lowest BCUT2D eigenvalue weighted by Gasteiger charge is -2.22. The number of amides is 3. The molecule has 0 aromatic rings. The molecule has 0 saturated carbocycles. The van der Waals surface area contributed by atoms with Crippen molar-refractivity contribution in [1.82, 2.24) is 15.5 Å². The van der Waals surface area contributed by atoms with Gasteiger partial charge in [-0.1, -0.05) is 13.8 Å². The fourth-order valence-corrected chi connectivity index (χ4v) is 1.30. The minimum absolute atomic E-state index is 0.107. The predicted molar refractivity (Wildman–Crippen MR) is 66.1 cm³/mol. The predicted octanol–water partition coefficient (Wildman–Crippen LogP) is -0.127. The van der Waals surface area contributed by atoms with Gasteiger partial charge in [0.2, 0.25) is 5.91 Å². The topological polar surface area (TPSA) is 98.7 Å². The first-order chi connectivity index (χ1) is 8.29. The molecule has 0 aromatic heterocycles. The maximum Gasteiger partial charge on any atom is 0.326 e. The van der Waals surface area contributed by atoms with Crippen molar-refractivity contribution in [3.8, 4) is 0 Å². The molecule has 0 radical (unpaired) electrons. The number of carbonyl (C=O) groups excluding carboxylic acids is 2. The molecule has 3 N–H and O–H groups in total. The second-order valence-corrected chi connectivity index (χ2v) is 4.32. The third-order valence-electron chi connectivity index (χ3n) is 2.31. The smallest absolute Gasteiger partial charge is 0.326 e. The molecule has 0 bridgehead atoms. The van der Waals surface area contributed by atoms with Crippen LogP contribution < -0.4 is 10.6 Å². The summed E-state index contributed by atoms with van der Waals surface area (Å²) >= 11 is 0. The SMILES string of the molecule is CCNC(=O)CN(C)C(=O)NC(C(=O)O)C(C)C. The molecule has 0 aliphatic heterocycles. The van der Waals surface area contributed by atoms with Gasteiger partial charge < -0.3 is 20.6 Å². The number of hydrogen-bond donors (Lipinski definition) is 3. The number of carboxylic acids is 1. The lowest BCUT2D eigenvalue weighted by Crippen LogP contribution is -2.50. The van der Waals surface area contributed by atoms with Gasteiger partial charge >= 0.3 is 12.0 Å². The van der Waals surface area contributed by atoms with Gasteiger partial charge in [0, 0.05) is 13.6 Å². The van der Waals surface area contributed by atoms with Crippen molar-refractivity contribution in [1.29, 1.82) is 0 Å². The molecule has 7 nitrogen and oxygen atoms in total. The average molecular weight is 259 g/mol. The van der Waals surface area contributed by atoms with Crippen LogP contribution in [-0.4, -0.2) is 54.1 Å². The van der Waals surface area contributed by atoms with Gasteiger partial charge in [0.25, 0.3) is 0 Å². The minimum atomic E-state index is -1.09. The summed E-state index contributed by atoms with van der Waals surface area (Å²) in [5, 5.41) is 13.9. The van der Waals surface area contributed by atoms with Gasteiger partial charge in [-0.2, -0.15) is 0 Å². The molecule has 0 spiro atoms. The van der Waals surface area contributed by atoms with Crippen LogP contribution in [0.15, 0.2) is 0 Å². The number of nitrogens with zero attached hydrogens (tertiary/aromatic N) is 1. The number of aliphatic carboxylic acids is 1. The van der Waals surface area contributed by atoms with Crippen LogP contribution in [0.25, 0.3) is 0 Å². The van der Waals surface area contributed by atoms with Crippen LogP contribution in [0.1, 0.15) is 20.8 Å². The van der Waals surface area contributed by atoms with E-state index in [1.54, 1.807) is 20.8 Å². The molecule has 18 heavy (non-hydrogen) atoms. The van der Waals surface area contributed by atoms with Crippen LogP contribution in [0.3, 0.4) is 0 Å². The molecule has 1 atom stereocenters. The molecule has 0 aliphatic carbocycles. The summed E-state index contributed by atoms with van der Waals surface area (Å²) in [5.74, 6) is -1.61. The Labute approximate surface area is 107 Å². The van der Waals surface area contributed by atoms with E-state index in [1.165, 1.54) is 7.05 Å². The average Bonchev–Trinajstić information content (AvgIpc) is 2.24. The molecule has 0 heterocycles. The molecular formula is C11H21N3O4. The van der Waals surface area contributed by atoms with Crippen LogP contribution in [-0.2, 0) is 9.59 Å². The zero-order valence-electron chi connectivity index (χ0n) is 11.2. The van der Waals surface area contributed by atoms with Crippen LogP contribution in [0.2, 0.25) is 0 Å². The van der Waals surface area contributed by atoms with Crippen molar-refractivity contribution in [3.05, 3.63) is 0 Å². The summed E-state index contributed by atoms with van der Waals surface area (Å²) in [6, 6.07) is -1.54. The van der Waals surface area contributed by atoms with Crippen molar-refractivity contribution in [2.75, 3.05) is 20.1 Å². The summed E-state index contributed by atoms with van der Waals surface area (Å²) in [7, 11) is 1.43. The van der Waals surface area contributed by atoms with Gasteiger partial charge in [-0.05, 0) is 12.8 Å². The standard InChI is InChI=1S/C11H21N3O4/c1-5-12-8(15)6-14(4)11(18)13-9(7(2)3)10(16)17/h7,9H,5-6H2,1-4H3,(H,12,15)(H,13,18)(H,16,17). The van der Waals surface area contributed by atoms with Gasteiger partial charge in [-0.15, -0.1) is 0 Å². The van der Waals surface area contributed by atoms with Gasteiger partial charge in [0.05, 0.1) is 0 Å². The molecule has 0 fully saturated rings. The van der Waals surface area contributed by atoms with E-state index in [2.05, 4.69) is 10.6 Å². The number of carbonyl (C=O) groups is 3. The van der Waals surface area contributed by atoms with E-state index < -0.39 is 18.0 Å². The first-order valence-electron chi connectivity index (χ1n) is 5.80. The first-order valence-corrected chi connectivity index (χ1v) is 5.80. The number of likely N-dealkylation sites (N-methyl/N-ethyl adjacent to an activating group) is 2. The molecule has 0 rings (SSSR count). The fraction of sp³-hybridized carbons (Fsp3) is 0.727. The molecular weight excluding hydrogens is 238 g/mol. The Kier molecular flexibility index (Phi) is 6.77. The second-order valence-electron chi connectivity index (χ2n) is 4.32. The number of carboxylic acid groups (broad SMARTS) is 1. The van der Waals surface area contributed by atoms with Gasteiger partial charge in [0.1, 0.15) is 12.6 Å². The van der Waals surface area contributed by atoms with E-state index >= 15 is 0 Å². The molecule has 3 amide bonds. The fourth-order valence-electron chi connectivity index (χ4n) is 1.30. The van der Waals surface area contributed by atoms with Crippen molar-refractivity contribution < 1.29 is 19.5 Å². The highest BCUT2D eigenvalue weighted by atomic mass is 16.4. The molecule has 0 aromatic carbocycles. The van der Waals surface area contributed by atoms with E-state index in [9.17, 15) is 14.4 Å². The first kappa shape index (κ1) is 16.2.